The zero-order valence-corrected chi connectivity index (χ0v) is 13.9. The van der Waals surface area contributed by atoms with E-state index in [1.807, 2.05) is 44.4 Å². The van der Waals surface area contributed by atoms with Gasteiger partial charge in [-0.15, -0.1) is 11.3 Å². The van der Waals surface area contributed by atoms with Gasteiger partial charge < -0.3 is 14.0 Å². The summed E-state index contributed by atoms with van der Waals surface area (Å²) < 4.78 is 12.8. The van der Waals surface area contributed by atoms with Gasteiger partial charge in [-0.3, -0.25) is 0 Å². The molecule has 0 fully saturated rings. The molecule has 0 spiro atoms. The van der Waals surface area contributed by atoms with Crippen LogP contribution in [0.15, 0.2) is 36.5 Å². The number of nitrogens with zero attached hydrogens (tertiary/aromatic N) is 2. The monoisotopic (exact) mass is 314 g/mol. The van der Waals surface area contributed by atoms with Crippen molar-refractivity contribution in [3.05, 3.63) is 41.5 Å². The molecule has 0 aliphatic carbocycles. The van der Waals surface area contributed by atoms with Gasteiger partial charge in [-0.05, 0) is 37.3 Å². The molecule has 0 N–H and O–H groups in total. The summed E-state index contributed by atoms with van der Waals surface area (Å²) in [5.74, 6) is 1.43. The van der Waals surface area contributed by atoms with Crippen molar-refractivity contribution in [3.63, 3.8) is 0 Å². The van der Waals surface area contributed by atoms with E-state index in [2.05, 4.69) is 10.6 Å². The van der Waals surface area contributed by atoms with Crippen LogP contribution in [-0.2, 0) is 7.05 Å². The third-order valence-electron chi connectivity index (χ3n) is 3.57. The highest BCUT2D eigenvalue weighted by molar-refractivity contribution is 7.15. The summed E-state index contributed by atoms with van der Waals surface area (Å²) in [5, 5.41) is 1.04. The average Bonchev–Trinajstić information content (AvgIpc) is 3.11. The molecule has 114 valence electrons. The Balaban J connectivity index is 2.15. The number of ether oxygens (including phenoxy) is 2. The first-order valence-electron chi connectivity index (χ1n) is 6.95. The molecule has 2 aromatic heterocycles. The van der Waals surface area contributed by atoms with Crippen LogP contribution in [0.1, 0.15) is 5.01 Å². The van der Waals surface area contributed by atoms with E-state index in [9.17, 15) is 0 Å². The molecule has 5 heteroatoms. The normalized spacial score (nSPS) is 10.7. The highest BCUT2D eigenvalue weighted by Gasteiger charge is 2.16. The number of thiazole rings is 1. The zero-order chi connectivity index (χ0) is 15.7. The summed E-state index contributed by atoms with van der Waals surface area (Å²) >= 11 is 1.70. The van der Waals surface area contributed by atoms with Crippen LogP contribution in [0.4, 0.5) is 0 Å². The Morgan fingerprint density at radius 2 is 1.86 bits per heavy atom. The Hall–Kier alpha value is -2.27. The van der Waals surface area contributed by atoms with Gasteiger partial charge in [0.15, 0.2) is 11.5 Å². The summed E-state index contributed by atoms with van der Waals surface area (Å²) in [6, 6.07) is 10.1. The summed E-state index contributed by atoms with van der Waals surface area (Å²) in [4.78, 5) is 5.88. The van der Waals surface area contributed by atoms with Crippen molar-refractivity contribution in [1.29, 1.82) is 0 Å². The van der Waals surface area contributed by atoms with Crippen LogP contribution in [0.25, 0.3) is 21.8 Å². The second-order valence-electron chi connectivity index (χ2n) is 4.98. The van der Waals surface area contributed by atoms with Crippen molar-refractivity contribution in [1.82, 2.24) is 9.55 Å². The second kappa shape index (κ2) is 5.85. The predicted molar refractivity (Wildman–Crippen MR) is 89.8 cm³/mol. The molecule has 0 atom stereocenters. The summed E-state index contributed by atoms with van der Waals surface area (Å²) in [6.45, 7) is 2.03. The van der Waals surface area contributed by atoms with E-state index >= 15 is 0 Å². The van der Waals surface area contributed by atoms with Gasteiger partial charge in [-0.2, -0.15) is 0 Å². The van der Waals surface area contributed by atoms with Crippen molar-refractivity contribution >= 4 is 11.3 Å². The Morgan fingerprint density at radius 1 is 1.09 bits per heavy atom. The summed E-state index contributed by atoms with van der Waals surface area (Å²) in [6.07, 6.45) is 2.04. The smallest absolute Gasteiger partial charge is 0.161 e. The first-order valence-corrected chi connectivity index (χ1v) is 7.77. The van der Waals surface area contributed by atoms with Crippen LogP contribution in [0.2, 0.25) is 0 Å². The fourth-order valence-corrected chi connectivity index (χ4v) is 3.49. The lowest BCUT2D eigenvalue weighted by Gasteiger charge is -2.10. The Labute approximate surface area is 134 Å². The van der Waals surface area contributed by atoms with Crippen molar-refractivity contribution < 1.29 is 9.47 Å². The largest absolute Gasteiger partial charge is 0.493 e. The molecule has 0 saturated heterocycles. The number of benzene rings is 1. The molecule has 0 unspecified atom stereocenters. The van der Waals surface area contributed by atoms with Gasteiger partial charge in [0.05, 0.1) is 35.5 Å². The summed E-state index contributed by atoms with van der Waals surface area (Å²) in [7, 11) is 5.33. The van der Waals surface area contributed by atoms with Crippen LogP contribution in [0.5, 0.6) is 11.5 Å². The van der Waals surface area contributed by atoms with Crippen LogP contribution in [-0.4, -0.2) is 23.8 Å². The van der Waals surface area contributed by atoms with E-state index in [0.717, 1.165) is 32.6 Å². The van der Waals surface area contributed by atoms with Gasteiger partial charge in [0.25, 0.3) is 0 Å². The third kappa shape index (κ3) is 2.48. The molecule has 3 aromatic rings. The van der Waals surface area contributed by atoms with E-state index in [-0.39, 0.29) is 0 Å². The van der Waals surface area contributed by atoms with E-state index < -0.39 is 0 Å². The number of aryl methyl sites for hydroxylation is 2. The molecule has 2 heterocycles. The zero-order valence-electron chi connectivity index (χ0n) is 13.1. The molecule has 0 amide bonds. The van der Waals surface area contributed by atoms with Crippen LogP contribution in [0, 0.1) is 6.92 Å². The fourth-order valence-electron chi connectivity index (χ4n) is 2.48. The Morgan fingerprint density at radius 3 is 2.50 bits per heavy atom. The third-order valence-corrected chi connectivity index (χ3v) is 4.56. The minimum atomic E-state index is 0.712. The maximum Gasteiger partial charge on any atom is 0.161 e. The van der Waals surface area contributed by atoms with Crippen molar-refractivity contribution in [3.8, 4) is 33.3 Å². The standard InChI is InChI=1S/C17H18N2O2S/c1-11-18-16(17(22-11)13-6-5-9-19(13)2)12-7-8-14(20-3)15(10-12)21-4/h5-10H,1-4H3. The molecular formula is C17H18N2O2S. The minimum Gasteiger partial charge on any atom is -0.493 e. The van der Waals surface area contributed by atoms with E-state index in [4.69, 9.17) is 14.5 Å². The fraction of sp³-hybridized carbons (Fsp3) is 0.235. The van der Waals surface area contributed by atoms with Crippen LogP contribution < -0.4 is 9.47 Å². The molecule has 0 saturated carbocycles. The molecule has 22 heavy (non-hydrogen) atoms. The quantitative estimate of drug-likeness (QED) is 0.726. The lowest BCUT2D eigenvalue weighted by molar-refractivity contribution is 0.355. The predicted octanol–water partition coefficient (Wildman–Crippen LogP) is 4.14. The average molecular weight is 314 g/mol. The minimum absolute atomic E-state index is 0.712. The molecule has 3 rings (SSSR count). The first kappa shape index (κ1) is 14.7. The van der Waals surface area contributed by atoms with Crippen LogP contribution in [0.3, 0.4) is 0 Å². The number of hydrogen-bond donors (Lipinski definition) is 0. The second-order valence-corrected chi connectivity index (χ2v) is 6.19. The van der Waals surface area contributed by atoms with Gasteiger partial charge in [-0.1, -0.05) is 0 Å². The van der Waals surface area contributed by atoms with E-state index in [1.165, 1.54) is 0 Å². The van der Waals surface area contributed by atoms with E-state index in [1.54, 1.807) is 25.6 Å². The number of hydrogen-bond acceptors (Lipinski definition) is 4. The van der Waals surface area contributed by atoms with Gasteiger partial charge in [-0.25, -0.2) is 4.98 Å². The molecule has 0 aliphatic heterocycles. The van der Waals surface area contributed by atoms with E-state index in [0.29, 0.717) is 5.75 Å². The SMILES string of the molecule is COc1ccc(-c2nc(C)sc2-c2cccn2C)cc1OC. The maximum absolute atomic E-state index is 5.40. The molecule has 4 nitrogen and oxygen atoms in total. The summed E-state index contributed by atoms with van der Waals surface area (Å²) in [5.41, 5.74) is 3.17. The maximum atomic E-state index is 5.40. The van der Waals surface area contributed by atoms with Crippen molar-refractivity contribution in [2.75, 3.05) is 14.2 Å². The molecule has 0 radical (unpaired) electrons. The molecular weight excluding hydrogens is 296 g/mol. The molecule has 1 aromatic carbocycles. The van der Waals surface area contributed by atoms with Crippen molar-refractivity contribution in [2.45, 2.75) is 6.92 Å². The van der Waals surface area contributed by atoms with Gasteiger partial charge in [0, 0.05) is 18.8 Å². The molecule has 0 aliphatic rings. The van der Waals surface area contributed by atoms with Gasteiger partial charge in [0.2, 0.25) is 0 Å². The number of methoxy groups -OCH3 is 2. The Kier molecular flexibility index (Phi) is 3.90. The molecule has 0 bridgehead atoms. The topological polar surface area (TPSA) is 36.3 Å². The highest BCUT2D eigenvalue weighted by Crippen LogP contribution is 2.39. The van der Waals surface area contributed by atoms with Gasteiger partial charge >= 0.3 is 0 Å². The van der Waals surface area contributed by atoms with Crippen molar-refractivity contribution in [2.24, 2.45) is 7.05 Å². The van der Waals surface area contributed by atoms with Gasteiger partial charge in [0.1, 0.15) is 0 Å². The first-order chi connectivity index (χ1) is 10.6. The number of aromatic nitrogens is 2. The highest BCUT2D eigenvalue weighted by atomic mass is 32.1. The lowest BCUT2D eigenvalue weighted by atomic mass is 10.1. The van der Waals surface area contributed by atoms with Crippen LogP contribution >= 0.6 is 11.3 Å². The lowest BCUT2D eigenvalue weighted by Crippen LogP contribution is -1.92. The Bertz CT molecular complexity index is 805. The number of rotatable bonds is 4.